The minimum atomic E-state index is -0.974. The first-order chi connectivity index (χ1) is 10.8. The molecule has 1 aliphatic heterocycles. The molecular formula is C18H14N2O2. The molecule has 4 nitrogen and oxygen atoms in total. The molecule has 1 aromatic heterocycles. The van der Waals surface area contributed by atoms with E-state index in [1.807, 2.05) is 60.7 Å². The number of hydrogen-bond donors (Lipinski definition) is 3. The Morgan fingerprint density at radius 1 is 0.864 bits per heavy atom. The van der Waals surface area contributed by atoms with Crippen LogP contribution in [-0.2, 0) is 0 Å². The van der Waals surface area contributed by atoms with Gasteiger partial charge in [0.25, 0.3) is 0 Å². The van der Waals surface area contributed by atoms with Gasteiger partial charge in [-0.1, -0.05) is 60.7 Å². The van der Waals surface area contributed by atoms with Crippen molar-refractivity contribution in [2.45, 2.75) is 6.23 Å². The summed E-state index contributed by atoms with van der Waals surface area (Å²) in [5, 5.41) is 20.7. The van der Waals surface area contributed by atoms with Crippen LogP contribution in [0.4, 0.5) is 0 Å². The number of benzene rings is 2. The average Bonchev–Trinajstić information content (AvgIpc) is 3.09. The summed E-state index contributed by atoms with van der Waals surface area (Å²) in [5.41, 5.74) is 4.30. The molecule has 1 atom stereocenters. The molecule has 0 aliphatic carbocycles. The van der Waals surface area contributed by atoms with Crippen LogP contribution < -0.4 is 0 Å². The van der Waals surface area contributed by atoms with Crippen molar-refractivity contribution in [2.75, 3.05) is 0 Å². The third kappa shape index (κ3) is 1.85. The van der Waals surface area contributed by atoms with Gasteiger partial charge in [0.1, 0.15) is 0 Å². The van der Waals surface area contributed by atoms with Crippen LogP contribution in [0.2, 0.25) is 0 Å². The zero-order valence-electron chi connectivity index (χ0n) is 11.7. The van der Waals surface area contributed by atoms with Crippen LogP contribution in [0.1, 0.15) is 22.9 Å². The molecule has 4 rings (SSSR count). The molecule has 0 saturated carbocycles. The first-order valence-corrected chi connectivity index (χ1v) is 7.07. The summed E-state index contributed by atoms with van der Waals surface area (Å²) in [4.78, 5) is 7.30. The van der Waals surface area contributed by atoms with Gasteiger partial charge >= 0.3 is 0 Å². The van der Waals surface area contributed by atoms with Crippen LogP contribution >= 0.6 is 0 Å². The standard InChI is InChI=1S/C18H14N2O2/c21-17-13-14(16(20-17)12-9-5-2-6-10-12)18(22)19-15(13)11-7-3-1-4-8-11/h1-10,17,19,21-22H. The minimum absolute atomic E-state index is 0.0352. The summed E-state index contributed by atoms with van der Waals surface area (Å²) in [7, 11) is 0. The van der Waals surface area contributed by atoms with Crippen LogP contribution in [-0.4, -0.2) is 20.9 Å². The van der Waals surface area contributed by atoms with Crippen molar-refractivity contribution >= 4 is 5.71 Å². The van der Waals surface area contributed by atoms with Crippen molar-refractivity contribution in [1.82, 2.24) is 4.98 Å². The third-order valence-corrected chi connectivity index (χ3v) is 3.87. The van der Waals surface area contributed by atoms with Gasteiger partial charge in [-0.3, -0.25) is 0 Å². The van der Waals surface area contributed by atoms with Gasteiger partial charge in [0, 0.05) is 11.1 Å². The maximum absolute atomic E-state index is 10.3. The summed E-state index contributed by atoms with van der Waals surface area (Å²) in [6.07, 6.45) is -0.974. The van der Waals surface area contributed by atoms with Crippen molar-refractivity contribution in [2.24, 2.45) is 4.99 Å². The number of aliphatic hydroxyl groups excluding tert-OH is 1. The van der Waals surface area contributed by atoms with Gasteiger partial charge in [-0.25, -0.2) is 4.99 Å². The molecule has 2 heterocycles. The van der Waals surface area contributed by atoms with Crippen molar-refractivity contribution < 1.29 is 10.2 Å². The molecular weight excluding hydrogens is 276 g/mol. The lowest BCUT2D eigenvalue weighted by Crippen LogP contribution is -1.99. The molecule has 0 amide bonds. The highest BCUT2D eigenvalue weighted by Crippen LogP contribution is 2.42. The molecule has 0 bridgehead atoms. The Morgan fingerprint density at radius 2 is 1.45 bits per heavy atom. The van der Waals surface area contributed by atoms with Gasteiger partial charge in [0.2, 0.25) is 0 Å². The maximum atomic E-state index is 10.3. The Bertz CT molecular complexity index is 852. The lowest BCUT2D eigenvalue weighted by atomic mass is 10.00. The SMILES string of the molecule is Oc1[nH]c(-c2ccccc2)c2c1C(c1ccccc1)=NC2O. The highest BCUT2D eigenvalue weighted by atomic mass is 16.3. The molecule has 4 heteroatoms. The number of nitrogens with zero attached hydrogens (tertiary/aromatic N) is 1. The van der Waals surface area contributed by atoms with Crippen molar-refractivity contribution in [1.29, 1.82) is 0 Å². The number of aliphatic imine (C=N–C) groups is 1. The van der Waals surface area contributed by atoms with E-state index in [9.17, 15) is 10.2 Å². The van der Waals surface area contributed by atoms with Crippen LogP contribution in [0.3, 0.4) is 0 Å². The van der Waals surface area contributed by atoms with Gasteiger partial charge in [0.15, 0.2) is 12.1 Å². The number of rotatable bonds is 2. The molecule has 1 unspecified atom stereocenters. The van der Waals surface area contributed by atoms with E-state index in [2.05, 4.69) is 9.98 Å². The molecule has 3 N–H and O–H groups in total. The zero-order valence-corrected chi connectivity index (χ0v) is 11.7. The predicted molar refractivity (Wildman–Crippen MR) is 84.9 cm³/mol. The fraction of sp³-hybridized carbons (Fsp3) is 0.0556. The lowest BCUT2D eigenvalue weighted by Gasteiger charge is -2.04. The van der Waals surface area contributed by atoms with E-state index in [0.717, 1.165) is 11.1 Å². The van der Waals surface area contributed by atoms with Gasteiger partial charge in [-0.2, -0.15) is 0 Å². The molecule has 2 aromatic carbocycles. The third-order valence-electron chi connectivity index (χ3n) is 3.87. The molecule has 1 aliphatic rings. The Hall–Kier alpha value is -2.85. The molecule has 0 saturated heterocycles. The number of aromatic nitrogens is 1. The van der Waals surface area contributed by atoms with E-state index >= 15 is 0 Å². The molecule has 108 valence electrons. The molecule has 22 heavy (non-hydrogen) atoms. The Morgan fingerprint density at radius 3 is 2.09 bits per heavy atom. The molecule has 0 radical (unpaired) electrons. The van der Waals surface area contributed by atoms with E-state index in [1.54, 1.807) is 0 Å². The summed E-state index contributed by atoms with van der Waals surface area (Å²) in [5.74, 6) is 0.0352. The second-order valence-electron chi connectivity index (χ2n) is 5.22. The first-order valence-electron chi connectivity index (χ1n) is 7.07. The average molecular weight is 290 g/mol. The Balaban J connectivity index is 1.90. The number of nitrogens with one attached hydrogen (secondary N) is 1. The number of fused-ring (bicyclic) bond motifs is 1. The number of hydrogen-bond acceptors (Lipinski definition) is 3. The topological polar surface area (TPSA) is 68.6 Å². The number of aromatic amines is 1. The highest BCUT2D eigenvalue weighted by molar-refractivity contribution is 6.17. The van der Waals surface area contributed by atoms with Crippen LogP contribution in [0.15, 0.2) is 65.7 Å². The highest BCUT2D eigenvalue weighted by Gasteiger charge is 2.33. The smallest absolute Gasteiger partial charge is 0.198 e. The van der Waals surface area contributed by atoms with Crippen LogP contribution in [0.5, 0.6) is 5.88 Å². The number of aliphatic hydroxyl groups is 1. The van der Waals surface area contributed by atoms with Crippen molar-refractivity contribution in [3.8, 4) is 17.1 Å². The summed E-state index contributed by atoms with van der Waals surface area (Å²) in [6, 6.07) is 19.2. The first kappa shape index (κ1) is 12.9. The van der Waals surface area contributed by atoms with Crippen LogP contribution in [0, 0.1) is 0 Å². The quantitative estimate of drug-likeness (QED) is 0.678. The molecule has 0 spiro atoms. The summed E-state index contributed by atoms with van der Waals surface area (Å²) in [6.45, 7) is 0. The van der Waals surface area contributed by atoms with Crippen molar-refractivity contribution in [3.05, 3.63) is 77.4 Å². The van der Waals surface area contributed by atoms with Gasteiger partial charge in [-0.05, 0) is 5.56 Å². The van der Waals surface area contributed by atoms with E-state index < -0.39 is 6.23 Å². The van der Waals surface area contributed by atoms with Gasteiger partial charge in [0.05, 0.1) is 17.0 Å². The van der Waals surface area contributed by atoms with Crippen molar-refractivity contribution in [3.63, 3.8) is 0 Å². The second-order valence-corrected chi connectivity index (χ2v) is 5.22. The number of aromatic hydroxyl groups is 1. The zero-order chi connectivity index (χ0) is 15.1. The van der Waals surface area contributed by atoms with E-state index in [1.165, 1.54) is 0 Å². The normalized spacial score (nSPS) is 16.4. The summed E-state index contributed by atoms with van der Waals surface area (Å²) < 4.78 is 0. The second kappa shape index (κ2) is 4.86. The Kier molecular flexibility index (Phi) is 2.84. The van der Waals surface area contributed by atoms with Crippen LogP contribution in [0.25, 0.3) is 11.3 Å². The van der Waals surface area contributed by atoms with E-state index in [-0.39, 0.29) is 5.88 Å². The van der Waals surface area contributed by atoms with Gasteiger partial charge < -0.3 is 15.2 Å². The molecule has 3 aromatic rings. The largest absolute Gasteiger partial charge is 0.494 e. The maximum Gasteiger partial charge on any atom is 0.198 e. The van der Waals surface area contributed by atoms with E-state index in [0.29, 0.717) is 22.5 Å². The molecule has 0 fully saturated rings. The van der Waals surface area contributed by atoms with Gasteiger partial charge in [-0.15, -0.1) is 0 Å². The number of H-pyrrole nitrogens is 1. The fourth-order valence-corrected chi connectivity index (χ4v) is 2.90. The minimum Gasteiger partial charge on any atom is -0.494 e. The Labute approximate surface area is 127 Å². The monoisotopic (exact) mass is 290 g/mol. The summed E-state index contributed by atoms with van der Waals surface area (Å²) >= 11 is 0. The fourth-order valence-electron chi connectivity index (χ4n) is 2.90. The van der Waals surface area contributed by atoms with E-state index in [4.69, 9.17) is 0 Å². The predicted octanol–water partition coefficient (Wildman–Crippen LogP) is 3.23. The lowest BCUT2D eigenvalue weighted by molar-refractivity contribution is 0.193.